The van der Waals surface area contributed by atoms with E-state index in [9.17, 15) is 17.6 Å². The number of nitrogens with one attached hydrogen (secondary N) is 3. The zero-order chi connectivity index (χ0) is 27.0. The standard InChI is InChI=1S/C26H25F4N7/c1-4-16(2)34-20-9-19(27)10-21(11-20)35-24-23(15-33-25(37-24)36-22(13-31)14-32-3)18-7-5-17(6-8-18)12-26(28,29)30/h4-11,13-15,34H,1-2,12,31H2,3H3,(H2,33,35,36,37)/b22-13+,32-14?. The van der Waals surface area contributed by atoms with Gasteiger partial charge < -0.3 is 21.7 Å². The lowest BCUT2D eigenvalue weighted by Gasteiger charge is -2.15. The van der Waals surface area contributed by atoms with Gasteiger partial charge in [-0.25, -0.2) is 9.37 Å². The smallest absolute Gasteiger partial charge is 0.393 e. The van der Waals surface area contributed by atoms with E-state index in [4.69, 9.17) is 5.73 Å². The van der Waals surface area contributed by atoms with Crippen LogP contribution in [0.1, 0.15) is 5.56 Å². The third-order valence-corrected chi connectivity index (χ3v) is 4.87. The van der Waals surface area contributed by atoms with Crippen molar-refractivity contribution in [3.8, 4) is 11.1 Å². The summed E-state index contributed by atoms with van der Waals surface area (Å²) in [6.07, 6.45) is 0.379. The lowest BCUT2D eigenvalue weighted by atomic mass is 10.0. The lowest BCUT2D eigenvalue weighted by Crippen LogP contribution is -2.11. The fourth-order valence-corrected chi connectivity index (χ4v) is 3.27. The average Bonchev–Trinajstić information content (AvgIpc) is 2.83. The molecule has 0 aliphatic heterocycles. The summed E-state index contributed by atoms with van der Waals surface area (Å²) in [7, 11) is 1.57. The average molecular weight is 512 g/mol. The zero-order valence-electron chi connectivity index (χ0n) is 19.9. The third kappa shape index (κ3) is 7.92. The van der Waals surface area contributed by atoms with Crippen molar-refractivity contribution in [3.63, 3.8) is 0 Å². The first-order valence-corrected chi connectivity index (χ1v) is 10.9. The van der Waals surface area contributed by atoms with Crippen LogP contribution < -0.4 is 21.7 Å². The lowest BCUT2D eigenvalue weighted by molar-refractivity contribution is -0.127. The van der Waals surface area contributed by atoms with E-state index in [0.717, 1.165) is 0 Å². The number of rotatable bonds is 10. The van der Waals surface area contributed by atoms with Gasteiger partial charge in [0.05, 0.1) is 12.1 Å². The molecule has 0 radical (unpaired) electrons. The molecule has 0 saturated heterocycles. The number of aliphatic imine (C=N–C) groups is 1. The van der Waals surface area contributed by atoms with E-state index in [1.165, 1.54) is 49.0 Å². The molecule has 0 atom stereocenters. The molecule has 3 aromatic rings. The van der Waals surface area contributed by atoms with Gasteiger partial charge in [-0.05, 0) is 35.4 Å². The van der Waals surface area contributed by atoms with Crippen LogP contribution in [-0.4, -0.2) is 29.4 Å². The highest BCUT2D eigenvalue weighted by Gasteiger charge is 2.27. The Kier molecular flexibility index (Phi) is 8.62. The molecule has 0 saturated carbocycles. The van der Waals surface area contributed by atoms with Crippen LogP contribution in [0, 0.1) is 5.82 Å². The summed E-state index contributed by atoms with van der Waals surface area (Å²) in [6.45, 7) is 7.37. The van der Waals surface area contributed by atoms with Gasteiger partial charge in [-0.3, -0.25) is 4.99 Å². The number of benzene rings is 2. The highest BCUT2D eigenvalue weighted by Crippen LogP contribution is 2.32. The predicted octanol–water partition coefficient (Wildman–Crippen LogP) is 6.16. The molecular formula is C26H25F4N7. The van der Waals surface area contributed by atoms with Crippen LogP contribution in [0.4, 0.5) is 40.7 Å². The summed E-state index contributed by atoms with van der Waals surface area (Å²) < 4.78 is 52.7. The van der Waals surface area contributed by atoms with E-state index in [0.29, 0.717) is 33.9 Å². The Morgan fingerprint density at radius 3 is 2.43 bits per heavy atom. The molecule has 37 heavy (non-hydrogen) atoms. The molecule has 5 N–H and O–H groups in total. The summed E-state index contributed by atoms with van der Waals surface area (Å²) >= 11 is 0. The minimum atomic E-state index is -4.32. The van der Waals surface area contributed by atoms with Gasteiger partial charge in [0.15, 0.2) is 0 Å². The van der Waals surface area contributed by atoms with E-state index in [1.54, 1.807) is 25.2 Å². The monoisotopic (exact) mass is 511 g/mol. The van der Waals surface area contributed by atoms with Crippen LogP contribution in [-0.2, 0) is 6.42 Å². The quantitative estimate of drug-likeness (QED) is 0.148. The summed E-state index contributed by atoms with van der Waals surface area (Å²) in [5, 5.41) is 8.91. The fourth-order valence-electron chi connectivity index (χ4n) is 3.27. The zero-order valence-corrected chi connectivity index (χ0v) is 19.9. The summed E-state index contributed by atoms with van der Waals surface area (Å²) in [5.74, 6) is -0.0985. The van der Waals surface area contributed by atoms with E-state index >= 15 is 0 Å². The molecule has 0 fully saturated rings. The van der Waals surface area contributed by atoms with Crippen molar-refractivity contribution in [3.05, 3.63) is 96.9 Å². The van der Waals surface area contributed by atoms with Crippen molar-refractivity contribution in [1.29, 1.82) is 0 Å². The van der Waals surface area contributed by atoms with E-state index in [2.05, 4.69) is 44.1 Å². The molecule has 11 heteroatoms. The van der Waals surface area contributed by atoms with Gasteiger partial charge in [0.2, 0.25) is 5.95 Å². The van der Waals surface area contributed by atoms with Crippen molar-refractivity contribution in [2.75, 3.05) is 23.0 Å². The number of nitrogens with two attached hydrogens (primary N) is 1. The van der Waals surface area contributed by atoms with Crippen molar-refractivity contribution < 1.29 is 17.6 Å². The number of halogens is 4. The van der Waals surface area contributed by atoms with Crippen LogP contribution in [0.5, 0.6) is 0 Å². The number of anilines is 4. The molecule has 0 spiro atoms. The minimum Gasteiger partial charge on any atom is -0.403 e. The van der Waals surface area contributed by atoms with Gasteiger partial charge >= 0.3 is 6.18 Å². The molecule has 0 aliphatic carbocycles. The molecule has 0 aliphatic rings. The summed E-state index contributed by atoms with van der Waals surface area (Å²) in [6, 6.07) is 10.0. The van der Waals surface area contributed by atoms with Crippen molar-refractivity contribution in [1.82, 2.24) is 9.97 Å². The van der Waals surface area contributed by atoms with Crippen LogP contribution in [0.15, 0.2) is 90.5 Å². The first-order chi connectivity index (χ1) is 17.6. The van der Waals surface area contributed by atoms with E-state index < -0.39 is 18.4 Å². The van der Waals surface area contributed by atoms with Crippen LogP contribution >= 0.6 is 0 Å². The highest BCUT2D eigenvalue weighted by atomic mass is 19.4. The SMILES string of the molecule is C=CC(=C)Nc1cc(F)cc(Nc2nc(N/C(C=NC)=C/N)ncc2-c2ccc(CC(F)(F)F)cc2)c1. The number of allylic oxidation sites excluding steroid dienone is 2. The fraction of sp³-hybridized carbons (Fsp3) is 0.115. The maximum atomic E-state index is 14.4. The second kappa shape index (κ2) is 11.8. The largest absolute Gasteiger partial charge is 0.403 e. The number of hydrogen-bond donors (Lipinski definition) is 4. The summed E-state index contributed by atoms with van der Waals surface area (Å²) in [5.41, 5.74) is 8.42. The highest BCUT2D eigenvalue weighted by molar-refractivity contribution is 5.83. The Bertz CT molecular complexity index is 1330. The second-order valence-corrected chi connectivity index (χ2v) is 7.79. The van der Waals surface area contributed by atoms with Gasteiger partial charge in [0.25, 0.3) is 0 Å². The molecule has 0 amide bonds. The molecule has 192 valence electrons. The molecule has 1 aromatic heterocycles. The van der Waals surface area contributed by atoms with Crippen LogP contribution in [0.3, 0.4) is 0 Å². The van der Waals surface area contributed by atoms with Crippen LogP contribution in [0.25, 0.3) is 11.1 Å². The first-order valence-electron chi connectivity index (χ1n) is 10.9. The normalized spacial score (nSPS) is 11.9. The molecule has 0 unspecified atom stereocenters. The van der Waals surface area contributed by atoms with Crippen molar-refractivity contribution >= 4 is 29.4 Å². The minimum absolute atomic E-state index is 0.116. The number of nitrogens with zero attached hydrogens (tertiary/aromatic N) is 3. The summed E-state index contributed by atoms with van der Waals surface area (Å²) in [4.78, 5) is 12.7. The Morgan fingerprint density at radius 2 is 1.81 bits per heavy atom. The van der Waals surface area contributed by atoms with E-state index in [1.807, 2.05) is 0 Å². The first kappa shape index (κ1) is 26.9. The molecule has 3 rings (SSSR count). The van der Waals surface area contributed by atoms with E-state index in [-0.39, 0.29) is 17.3 Å². The van der Waals surface area contributed by atoms with Crippen molar-refractivity contribution in [2.45, 2.75) is 12.6 Å². The maximum absolute atomic E-state index is 14.4. The second-order valence-electron chi connectivity index (χ2n) is 7.79. The molecule has 0 bridgehead atoms. The van der Waals surface area contributed by atoms with Gasteiger partial charge in [0, 0.05) is 48.3 Å². The van der Waals surface area contributed by atoms with Gasteiger partial charge in [-0.15, -0.1) is 0 Å². The Labute approximate surface area is 211 Å². The molecule has 1 heterocycles. The Hall–Kier alpha value is -4.67. The third-order valence-electron chi connectivity index (χ3n) is 4.87. The number of alkyl halides is 3. The Morgan fingerprint density at radius 1 is 1.11 bits per heavy atom. The predicted molar refractivity (Wildman–Crippen MR) is 140 cm³/mol. The van der Waals surface area contributed by atoms with Crippen molar-refractivity contribution in [2.24, 2.45) is 10.7 Å². The number of hydrogen-bond acceptors (Lipinski definition) is 7. The van der Waals surface area contributed by atoms with Gasteiger partial charge in [0.1, 0.15) is 11.6 Å². The molecular weight excluding hydrogens is 486 g/mol. The van der Waals surface area contributed by atoms with Gasteiger partial charge in [-0.1, -0.05) is 37.4 Å². The maximum Gasteiger partial charge on any atom is 0.393 e. The molecule has 2 aromatic carbocycles. The Balaban J connectivity index is 2.02. The molecule has 7 nitrogen and oxygen atoms in total. The van der Waals surface area contributed by atoms with Crippen LogP contribution in [0.2, 0.25) is 0 Å². The topological polar surface area (TPSA) is 100 Å². The van der Waals surface area contributed by atoms with Gasteiger partial charge in [-0.2, -0.15) is 18.2 Å². The number of aromatic nitrogens is 2.